The Bertz CT molecular complexity index is 314. The second-order valence-electron chi connectivity index (χ2n) is 4.99. The summed E-state index contributed by atoms with van der Waals surface area (Å²) in [6.07, 6.45) is 4.17. The highest BCUT2D eigenvalue weighted by Gasteiger charge is 2.40. The van der Waals surface area contributed by atoms with Gasteiger partial charge in [-0.3, -0.25) is 4.79 Å². The number of hydrogen-bond acceptors (Lipinski definition) is 3. The van der Waals surface area contributed by atoms with Crippen LogP contribution in [0.2, 0.25) is 0 Å². The third-order valence-corrected chi connectivity index (χ3v) is 3.89. The lowest BCUT2D eigenvalue weighted by atomic mass is 9.82. The summed E-state index contributed by atoms with van der Waals surface area (Å²) in [5.41, 5.74) is 0. The number of rotatable bonds is 4. The molecular formula is C12H19NO4. The molecule has 1 saturated carbocycles. The molecule has 2 fully saturated rings. The van der Waals surface area contributed by atoms with Crippen LogP contribution in [0.4, 0.5) is 0 Å². The van der Waals surface area contributed by atoms with Crippen molar-refractivity contribution in [3.8, 4) is 0 Å². The molecule has 1 aliphatic heterocycles. The van der Waals surface area contributed by atoms with E-state index < -0.39 is 12.0 Å². The number of carboxylic acid groups (broad SMARTS) is 1. The molecule has 2 atom stereocenters. The first-order valence-corrected chi connectivity index (χ1v) is 6.17. The lowest BCUT2D eigenvalue weighted by molar-refractivity contribution is -0.148. The van der Waals surface area contributed by atoms with E-state index in [4.69, 9.17) is 9.84 Å². The van der Waals surface area contributed by atoms with E-state index in [1.165, 1.54) is 11.3 Å². The SMILES string of the molecule is COC1CC(C(=O)O)N(C(=O)CC2CCC2)C1. The normalized spacial score (nSPS) is 29.1. The number of nitrogens with zero attached hydrogens (tertiary/aromatic N) is 1. The Kier molecular flexibility index (Phi) is 3.66. The van der Waals surface area contributed by atoms with Gasteiger partial charge in [-0.25, -0.2) is 4.79 Å². The molecule has 96 valence electrons. The van der Waals surface area contributed by atoms with Gasteiger partial charge in [0.05, 0.1) is 6.10 Å². The Morgan fingerprint density at radius 3 is 2.59 bits per heavy atom. The van der Waals surface area contributed by atoms with Crippen molar-refractivity contribution in [2.75, 3.05) is 13.7 Å². The molecular weight excluding hydrogens is 222 g/mol. The zero-order valence-electron chi connectivity index (χ0n) is 10.1. The lowest BCUT2D eigenvalue weighted by Gasteiger charge is -2.28. The van der Waals surface area contributed by atoms with E-state index >= 15 is 0 Å². The summed E-state index contributed by atoms with van der Waals surface area (Å²) in [6, 6.07) is -0.701. The van der Waals surface area contributed by atoms with Crippen LogP contribution >= 0.6 is 0 Å². The minimum atomic E-state index is -0.925. The first-order valence-electron chi connectivity index (χ1n) is 6.17. The van der Waals surface area contributed by atoms with E-state index in [1.54, 1.807) is 7.11 Å². The fraction of sp³-hybridized carbons (Fsp3) is 0.833. The highest BCUT2D eigenvalue weighted by molar-refractivity contribution is 5.84. The Balaban J connectivity index is 1.96. The zero-order valence-corrected chi connectivity index (χ0v) is 10.1. The van der Waals surface area contributed by atoms with Crippen LogP contribution in [-0.2, 0) is 14.3 Å². The average Bonchev–Trinajstić information content (AvgIpc) is 2.67. The average molecular weight is 241 g/mol. The molecule has 5 heteroatoms. The molecule has 1 aliphatic carbocycles. The second-order valence-corrected chi connectivity index (χ2v) is 4.99. The van der Waals surface area contributed by atoms with Crippen LogP contribution in [0, 0.1) is 5.92 Å². The maximum Gasteiger partial charge on any atom is 0.326 e. The van der Waals surface area contributed by atoms with Gasteiger partial charge in [0.25, 0.3) is 0 Å². The molecule has 0 radical (unpaired) electrons. The van der Waals surface area contributed by atoms with Gasteiger partial charge in [-0.15, -0.1) is 0 Å². The third kappa shape index (κ3) is 2.60. The molecule has 2 unspecified atom stereocenters. The van der Waals surface area contributed by atoms with Crippen molar-refractivity contribution < 1.29 is 19.4 Å². The smallest absolute Gasteiger partial charge is 0.326 e. The first-order chi connectivity index (χ1) is 8.11. The van der Waals surface area contributed by atoms with Crippen molar-refractivity contribution in [1.82, 2.24) is 4.90 Å². The van der Waals surface area contributed by atoms with Crippen molar-refractivity contribution in [1.29, 1.82) is 0 Å². The third-order valence-electron chi connectivity index (χ3n) is 3.89. The maximum atomic E-state index is 12.0. The highest BCUT2D eigenvalue weighted by Crippen LogP contribution is 2.31. The number of likely N-dealkylation sites (tertiary alicyclic amines) is 1. The van der Waals surface area contributed by atoms with Crippen molar-refractivity contribution in [3.63, 3.8) is 0 Å². The summed E-state index contributed by atoms with van der Waals surface area (Å²) in [6.45, 7) is 0.416. The van der Waals surface area contributed by atoms with E-state index in [2.05, 4.69) is 0 Å². The summed E-state index contributed by atoms with van der Waals surface area (Å²) in [5, 5.41) is 9.10. The Labute approximate surface area is 101 Å². The van der Waals surface area contributed by atoms with Gasteiger partial charge in [0.1, 0.15) is 6.04 Å². The highest BCUT2D eigenvalue weighted by atomic mass is 16.5. The molecule has 0 aromatic rings. The van der Waals surface area contributed by atoms with Crippen LogP contribution in [-0.4, -0.2) is 47.7 Å². The molecule has 0 spiro atoms. The number of amides is 1. The van der Waals surface area contributed by atoms with Crippen molar-refractivity contribution in [3.05, 3.63) is 0 Å². The number of aliphatic carboxylic acids is 1. The van der Waals surface area contributed by atoms with Gasteiger partial charge in [-0.2, -0.15) is 0 Å². The molecule has 17 heavy (non-hydrogen) atoms. The summed E-state index contributed by atoms with van der Waals surface area (Å²) in [5.74, 6) is -0.480. The van der Waals surface area contributed by atoms with E-state index in [0.717, 1.165) is 12.8 Å². The predicted molar refractivity (Wildman–Crippen MR) is 60.5 cm³/mol. The van der Waals surface area contributed by atoms with Gasteiger partial charge in [-0.05, 0) is 18.8 Å². The summed E-state index contributed by atoms with van der Waals surface area (Å²) in [7, 11) is 1.56. The fourth-order valence-corrected chi connectivity index (χ4v) is 2.54. The molecule has 1 saturated heterocycles. The molecule has 1 heterocycles. The predicted octanol–water partition coefficient (Wildman–Crippen LogP) is 0.877. The fourth-order valence-electron chi connectivity index (χ4n) is 2.54. The first kappa shape index (κ1) is 12.4. The second kappa shape index (κ2) is 5.04. The van der Waals surface area contributed by atoms with Crippen LogP contribution in [0.3, 0.4) is 0 Å². The Morgan fingerprint density at radius 2 is 2.12 bits per heavy atom. The molecule has 1 amide bonds. The molecule has 5 nitrogen and oxygen atoms in total. The molecule has 2 rings (SSSR count). The van der Waals surface area contributed by atoms with Gasteiger partial charge < -0.3 is 14.7 Å². The van der Waals surface area contributed by atoms with E-state index in [0.29, 0.717) is 25.3 Å². The lowest BCUT2D eigenvalue weighted by Crippen LogP contribution is -2.41. The van der Waals surface area contributed by atoms with Crippen LogP contribution in [0.15, 0.2) is 0 Å². The van der Waals surface area contributed by atoms with Crippen molar-refractivity contribution in [2.45, 2.75) is 44.2 Å². The summed E-state index contributed by atoms with van der Waals surface area (Å²) < 4.78 is 5.16. The van der Waals surface area contributed by atoms with Crippen LogP contribution in [0.5, 0.6) is 0 Å². The van der Waals surface area contributed by atoms with Gasteiger partial charge >= 0.3 is 5.97 Å². The maximum absolute atomic E-state index is 12.0. The Morgan fingerprint density at radius 1 is 1.41 bits per heavy atom. The van der Waals surface area contributed by atoms with E-state index in [-0.39, 0.29) is 12.0 Å². The van der Waals surface area contributed by atoms with Gasteiger partial charge in [0.15, 0.2) is 0 Å². The van der Waals surface area contributed by atoms with Crippen LogP contribution in [0.25, 0.3) is 0 Å². The largest absolute Gasteiger partial charge is 0.480 e. The number of carbonyl (C=O) groups is 2. The molecule has 0 bridgehead atoms. The number of carboxylic acids is 1. The molecule has 2 aliphatic rings. The van der Waals surface area contributed by atoms with E-state index in [1.807, 2.05) is 0 Å². The minimum Gasteiger partial charge on any atom is -0.480 e. The number of carbonyl (C=O) groups excluding carboxylic acids is 1. The van der Waals surface area contributed by atoms with Crippen LogP contribution in [0.1, 0.15) is 32.1 Å². The van der Waals surface area contributed by atoms with Gasteiger partial charge in [0, 0.05) is 26.5 Å². The molecule has 0 aromatic heterocycles. The summed E-state index contributed by atoms with van der Waals surface area (Å²) >= 11 is 0. The van der Waals surface area contributed by atoms with Crippen molar-refractivity contribution in [2.24, 2.45) is 5.92 Å². The van der Waals surface area contributed by atoms with Crippen molar-refractivity contribution >= 4 is 11.9 Å². The standard InChI is InChI=1S/C12H19NO4/c1-17-9-6-10(12(15)16)13(7-9)11(14)5-8-3-2-4-8/h8-10H,2-7H2,1H3,(H,15,16). The topological polar surface area (TPSA) is 66.8 Å². The molecule has 0 aromatic carbocycles. The monoisotopic (exact) mass is 241 g/mol. The zero-order chi connectivity index (χ0) is 12.4. The number of ether oxygens (including phenoxy) is 1. The minimum absolute atomic E-state index is 0.0262. The Hall–Kier alpha value is -1.10. The van der Waals surface area contributed by atoms with Crippen LogP contribution < -0.4 is 0 Å². The van der Waals surface area contributed by atoms with Gasteiger partial charge in [0.2, 0.25) is 5.91 Å². The number of methoxy groups -OCH3 is 1. The van der Waals surface area contributed by atoms with Gasteiger partial charge in [-0.1, -0.05) is 6.42 Å². The van der Waals surface area contributed by atoms with E-state index in [9.17, 15) is 9.59 Å². The quantitative estimate of drug-likeness (QED) is 0.793. The number of hydrogen-bond donors (Lipinski definition) is 1. The molecule has 1 N–H and O–H groups in total. The summed E-state index contributed by atoms with van der Waals surface area (Å²) in [4.78, 5) is 24.6.